The Morgan fingerprint density at radius 2 is 2.11 bits per heavy atom. The molecular weight excluding hydrogens is 268 g/mol. The van der Waals surface area contributed by atoms with Crippen LogP contribution in [0.1, 0.15) is 18.4 Å². The molecule has 2 rings (SSSR count). The van der Waals surface area contributed by atoms with E-state index in [9.17, 15) is 5.11 Å². The van der Waals surface area contributed by atoms with Crippen molar-refractivity contribution in [2.24, 2.45) is 0 Å². The van der Waals surface area contributed by atoms with E-state index in [2.05, 4.69) is 10.2 Å². The zero-order valence-corrected chi connectivity index (χ0v) is 11.9. The number of thiocarbonyl (C=S) groups is 1. The van der Waals surface area contributed by atoms with Crippen LogP contribution in [-0.2, 0) is 0 Å². The van der Waals surface area contributed by atoms with Crippen LogP contribution in [0.2, 0.25) is 5.02 Å². The standard InChI is InChI=1S/C13H17ClN2OS/c1-9-8-10(14)2-3-12(9)15-13(18)16-6-4-11(17)5-7-16/h2-3,8,11,17H,4-7H2,1H3,(H,15,18). The number of aliphatic hydroxyl groups excluding tert-OH is 1. The molecule has 98 valence electrons. The zero-order chi connectivity index (χ0) is 13.1. The Kier molecular flexibility index (Phi) is 4.43. The molecule has 1 heterocycles. The Labute approximate surface area is 118 Å². The summed E-state index contributed by atoms with van der Waals surface area (Å²) < 4.78 is 0. The smallest absolute Gasteiger partial charge is 0.173 e. The van der Waals surface area contributed by atoms with E-state index in [1.807, 2.05) is 25.1 Å². The lowest BCUT2D eigenvalue weighted by molar-refractivity contribution is 0.110. The minimum Gasteiger partial charge on any atom is -0.393 e. The third-order valence-corrected chi connectivity index (χ3v) is 3.78. The number of nitrogens with one attached hydrogen (secondary N) is 1. The van der Waals surface area contributed by atoms with Crippen LogP contribution in [-0.4, -0.2) is 34.3 Å². The van der Waals surface area contributed by atoms with Crippen molar-refractivity contribution in [1.82, 2.24) is 4.90 Å². The predicted molar refractivity (Wildman–Crippen MR) is 79.2 cm³/mol. The fraction of sp³-hybridized carbons (Fsp3) is 0.462. The van der Waals surface area contributed by atoms with Crippen molar-refractivity contribution in [2.45, 2.75) is 25.9 Å². The van der Waals surface area contributed by atoms with Gasteiger partial charge in [0, 0.05) is 23.8 Å². The molecule has 0 bridgehead atoms. The van der Waals surface area contributed by atoms with Crippen LogP contribution in [0.15, 0.2) is 18.2 Å². The van der Waals surface area contributed by atoms with E-state index in [1.54, 1.807) is 0 Å². The molecule has 2 N–H and O–H groups in total. The number of rotatable bonds is 1. The number of halogens is 1. The number of anilines is 1. The number of aliphatic hydroxyl groups is 1. The van der Waals surface area contributed by atoms with Crippen LogP contribution in [0.4, 0.5) is 5.69 Å². The number of piperidine rings is 1. The van der Waals surface area contributed by atoms with E-state index >= 15 is 0 Å². The first-order valence-corrected chi connectivity index (χ1v) is 6.85. The second-order valence-electron chi connectivity index (χ2n) is 4.61. The fourth-order valence-electron chi connectivity index (χ4n) is 2.03. The molecule has 0 spiro atoms. The summed E-state index contributed by atoms with van der Waals surface area (Å²) in [7, 11) is 0. The summed E-state index contributed by atoms with van der Waals surface area (Å²) in [6, 6.07) is 5.69. The first-order chi connectivity index (χ1) is 8.56. The Morgan fingerprint density at radius 3 is 2.72 bits per heavy atom. The number of hydrogen-bond donors (Lipinski definition) is 2. The van der Waals surface area contributed by atoms with Crippen LogP contribution < -0.4 is 5.32 Å². The Bertz CT molecular complexity index is 445. The Balaban J connectivity index is 1.98. The van der Waals surface area contributed by atoms with Crippen molar-refractivity contribution < 1.29 is 5.11 Å². The van der Waals surface area contributed by atoms with Gasteiger partial charge in [0.2, 0.25) is 0 Å². The quantitative estimate of drug-likeness (QED) is 0.778. The van der Waals surface area contributed by atoms with Crippen LogP contribution in [0, 0.1) is 6.92 Å². The molecule has 0 aromatic heterocycles. The lowest BCUT2D eigenvalue weighted by Crippen LogP contribution is -2.42. The average molecular weight is 285 g/mol. The zero-order valence-electron chi connectivity index (χ0n) is 10.3. The minimum atomic E-state index is -0.179. The van der Waals surface area contributed by atoms with Gasteiger partial charge in [-0.3, -0.25) is 0 Å². The van der Waals surface area contributed by atoms with Gasteiger partial charge in [0.05, 0.1) is 6.10 Å². The molecule has 1 aliphatic heterocycles. The second kappa shape index (κ2) is 5.87. The van der Waals surface area contributed by atoms with Gasteiger partial charge in [-0.1, -0.05) is 11.6 Å². The summed E-state index contributed by atoms with van der Waals surface area (Å²) in [5.74, 6) is 0. The van der Waals surface area contributed by atoms with Crippen molar-refractivity contribution in [3.8, 4) is 0 Å². The molecular formula is C13H17ClN2OS. The summed E-state index contributed by atoms with van der Waals surface area (Å²) in [6.07, 6.45) is 1.38. The number of hydrogen-bond acceptors (Lipinski definition) is 2. The maximum atomic E-state index is 9.47. The Morgan fingerprint density at radius 1 is 1.44 bits per heavy atom. The summed E-state index contributed by atoms with van der Waals surface area (Å²) >= 11 is 11.3. The molecule has 0 saturated carbocycles. The van der Waals surface area contributed by atoms with E-state index in [-0.39, 0.29) is 6.10 Å². The third kappa shape index (κ3) is 3.34. The maximum Gasteiger partial charge on any atom is 0.173 e. The molecule has 0 atom stereocenters. The fourth-order valence-corrected chi connectivity index (χ4v) is 2.55. The Hall–Kier alpha value is -0.840. The number of aryl methyl sites for hydroxylation is 1. The van der Waals surface area contributed by atoms with Crippen molar-refractivity contribution >= 4 is 34.6 Å². The number of likely N-dealkylation sites (tertiary alicyclic amines) is 1. The highest BCUT2D eigenvalue weighted by Gasteiger charge is 2.19. The molecule has 1 aromatic rings. The molecule has 0 amide bonds. The van der Waals surface area contributed by atoms with E-state index < -0.39 is 0 Å². The molecule has 1 aromatic carbocycles. The molecule has 5 heteroatoms. The van der Waals surface area contributed by atoms with Gasteiger partial charge in [0.15, 0.2) is 5.11 Å². The predicted octanol–water partition coefficient (Wildman–Crippen LogP) is 2.80. The van der Waals surface area contributed by atoms with Gasteiger partial charge < -0.3 is 15.3 Å². The second-order valence-corrected chi connectivity index (χ2v) is 5.43. The topological polar surface area (TPSA) is 35.5 Å². The molecule has 1 aliphatic rings. The highest BCUT2D eigenvalue weighted by molar-refractivity contribution is 7.80. The van der Waals surface area contributed by atoms with Gasteiger partial charge in [0.25, 0.3) is 0 Å². The van der Waals surface area contributed by atoms with Gasteiger partial charge in [-0.15, -0.1) is 0 Å². The van der Waals surface area contributed by atoms with Gasteiger partial charge >= 0.3 is 0 Å². The summed E-state index contributed by atoms with van der Waals surface area (Å²) in [5.41, 5.74) is 2.05. The van der Waals surface area contributed by atoms with Crippen molar-refractivity contribution in [2.75, 3.05) is 18.4 Å². The number of nitrogens with zero attached hydrogens (tertiary/aromatic N) is 1. The highest BCUT2D eigenvalue weighted by atomic mass is 35.5. The summed E-state index contributed by atoms with van der Waals surface area (Å²) in [6.45, 7) is 3.61. The van der Waals surface area contributed by atoms with Crippen LogP contribution >= 0.6 is 23.8 Å². The van der Waals surface area contributed by atoms with Crippen molar-refractivity contribution in [3.63, 3.8) is 0 Å². The normalized spacial score (nSPS) is 16.7. The largest absolute Gasteiger partial charge is 0.393 e. The lowest BCUT2D eigenvalue weighted by atomic mass is 10.1. The van der Waals surface area contributed by atoms with Gasteiger partial charge in [0.1, 0.15) is 0 Å². The SMILES string of the molecule is Cc1cc(Cl)ccc1NC(=S)N1CCC(O)CC1. The summed E-state index contributed by atoms with van der Waals surface area (Å²) in [4.78, 5) is 2.09. The van der Waals surface area contributed by atoms with E-state index in [1.165, 1.54) is 0 Å². The average Bonchev–Trinajstić information content (AvgIpc) is 2.33. The third-order valence-electron chi connectivity index (χ3n) is 3.18. The first-order valence-electron chi connectivity index (χ1n) is 6.06. The molecule has 1 fully saturated rings. The van der Waals surface area contributed by atoms with Crippen LogP contribution in [0.3, 0.4) is 0 Å². The van der Waals surface area contributed by atoms with Crippen molar-refractivity contribution in [3.05, 3.63) is 28.8 Å². The molecule has 18 heavy (non-hydrogen) atoms. The minimum absolute atomic E-state index is 0.179. The van der Waals surface area contributed by atoms with E-state index in [0.717, 1.165) is 42.2 Å². The van der Waals surface area contributed by atoms with E-state index in [0.29, 0.717) is 5.11 Å². The van der Waals surface area contributed by atoms with Gasteiger partial charge in [-0.05, 0) is 55.7 Å². The molecule has 0 radical (unpaired) electrons. The molecule has 0 aliphatic carbocycles. The highest BCUT2D eigenvalue weighted by Crippen LogP contribution is 2.20. The van der Waals surface area contributed by atoms with Crippen LogP contribution in [0.25, 0.3) is 0 Å². The number of benzene rings is 1. The van der Waals surface area contributed by atoms with Gasteiger partial charge in [-0.2, -0.15) is 0 Å². The van der Waals surface area contributed by atoms with Crippen molar-refractivity contribution in [1.29, 1.82) is 0 Å². The van der Waals surface area contributed by atoms with E-state index in [4.69, 9.17) is 23.8 Å². The summed E-state index contributed by atoms with van der Waals surface area (Å²) in [5, 5.41) is 14.1. The first kappa shape index (κ1) is 13.6. The maximum absolute atomic E-state index is 9.47. The molecule has 0 unspecified atom stereocenters. The molecule has 1 saturated heterocycles. The van der Waals surface area contributed by atoms with Gasteiger partial charge in [-0.25, -0.2) is 0 Å². The van der Waals surface area contributed by atoms with Crippen LogP contribution in [0.5, 0.6) is 0 Å². The molecule has 3 nitrogen and oxygen atoms in total. The lowest BCUT2D eigenvalue weighted by Gasteiger charge is -2.32. The monoisotopic (exact) mass is 284 g/mol.